The van der Waals surface area contributed by atoms with E-state index in [9.17, 15) is 4.39 Å². The third kappa shape index (κ3) is 4.91. The molecule has 28 heavy (non-hydrogen) atoms. The molecule has 2 aliphatic heterocycles. The van der Waals surface area contributed by atoms with Gasteiger partial charge in [-0.2, -0.15) is 0 Å². The highest BCUT2D eigenvalue weighted by atomic mass is 127. The number of guanidine groups is 1. The quantitative estimate of drug-likeness (QED) is 0.374. The molecule has 1 aromatic carbocycles. The molecular formula is C20H29ClFIN4O. The van der Waals surface area contributed by atoms with Gasteiger partial charge in [0, 0.05) is 61.3 Å². The Hall–Kier alpha value is -0.640. The minimum Gasteiger partial charge on any atom is -0.379 e. The molecule has 3 fully saturated rings. The van der Waals surface area contributed by atoms with E-state index in [-0.39, 0.29) is 41.8 Å². The van der Waals surface area contributed by atoms with Gasteiger partial charge in [-0.25, -0.2) is 4.39 Å². The number of rotatable bonds is 4. The summed E-state index contributed by atoms with van der Waals surface area (Å²) in [4.78, 5) is 9.58. The maximum Gasteiger partial charge on any atom is 0.194 e. The molecule has 3 unspecified atom stereocenters. The largest absolute Gasteiger partial charge is 0.379 e. The van der Waals surface area contributed by atoms with Crippen LogP contribution < -0.4 is 5.32 Å². The van der Waals surface area contributed by atoms with E-state index in [0.29, 0.717) is 16.6 Å². The number of morpholine rings is 1. The second kappa shape index (κ2) is 9.91. The summed E-state index contributed by atoms with van der Waals surface area (Å²) in [6.45, 7) is 8.48. The zero-order chi connectivity index (χ0) is 18.8. The van der Waals surface area contributed by atoms with Gasteiger partial charge in [-0.05, 0) is 31.9 Å². The summed E-state index contributed by atoms with van der Waals surface area (Å²) in [6.07, 6.45) is 2.04. The minimum atomic E-state index is -0.209. The molecule has 0 amide bonds. The molecule has 5 nitrogen and oxygen atoms in total. The Morgan fingerprint density at radius 2 is 2.11 bits per heavy atom. The summed E-state index contributed by atoms with van der Waals surface area (Å²) in [5.41, 5.74) is 0.639. The predicted molar refractivity (Wildman–Crippen MR) is 121 cm³/mol. The van der Waals surface area contributed by atoms with Crippen LogP contribution in [0.25, 0.3) is 0 Å². The highest BCUT2D eigenvalue weighted by Gasteiger charge is 2.43. The zero-order valence-electron chi connectivity index (χ0n) is 16.2. The number of nitrogens with zero attached hydrogens (tertiary/aromatic N) is 3. The first-order valence-corrected chi connectivity index (χ1v) is 10.4. The van der Waals surface area contributed by atoms with Gasteiger partial charge in [-0.1, -0.05) is 17.7 Å². The molecule has 156 valence electrons. The van der Waals surface area contributed by atoms with Gasteiger partial charge in [-0.3, -0.25) is 9.89 Å². The maximum atomic E-state index is 14.2. The molecule has 4 rings (SSSR count). The lowest BCUT2D eigenvalue weighted by Gasteiger charge is -2.32. The third-order valence-electron chi connectivity index (χ3n) is 5.81. The van der Waals surface area contributed by atoms with Gasteiger partial charge in [0.25, 0.3) is 0 Å². The standard InChI is InChI=1S/C20H28ClFN4O.HI/c1-2-23-20(26-7-6-14(13-26)25-8-10-27-11-9-25)24-18-12-15(18)19-16(21)4-3-5-17(19)22;/h3-5,14-15,18H,2,6-13H2,1H3,(H,23,24);1H. The molecule has 2 saturated heterocycles. The van der Waals surface area contributed by atoms with Crippen molar-refractivity contribution < 1.29 is 9.13 Å². The number of aliphatic imine (C=N–C) groups is 1. The lowest BCUT2D eigenvalue weighted by atomic mass is 10.1. The van der Waals surface area contributed by atoms with E-state index >= 15 is 0 Å². The fourth-order valence-corrected chi connectivity index (χ4v) is 4.57. The van der Waals surface area contributed by atoms with Gasteiger partial charge in [0.2, 0.25) is 0 Å². The Bertz CT molecular complexity index is 681. The van der Waals surface area contributed by atoms with Crippen molar-refractivity contribution in [3.05, 3.63) is 34.6 Å². The molecular weight excluding hydrogens is 494 g/mol. The molecule has 3 atom stereocenters. The third-order valence-corrected chi connectivity index (χ3v) is 6.14. The topological polar surface area (TPSA) is 40.1 Å². The molecule has 1 aromatic rings. The highest BCUT2D eigenvalue weighted by molar-refractivity contribution is 14.0. The van der Waals surface area contributed by atoms with Crippen LogP contribution in [0.4, 0.5) is 4.39 Å². The molecule has 0 aromatic heterocycles. The van der Waals surface area contributed by atoms with E-state index < -0.39 is 0 Å². The zero-order valence-corrected chi connectivity index (χ0v) is 19.3. The number of likely N-dealkylation sites (tertiary alicyclic amines) is 1. The van der Waals surface area contributed by atoms with Crippen LogP contribution in [0.2, 0.25) is 5.02 Å². The second-order valence-electron chi connectivity index (χ2n) is 7.56. The summed E-state index contributed by atoms with van der Waals surface area (Å²) in [7, 11) is 0. The van der Waals surface area contributed by atoms with E-state index in [0.717, 1.165) is 64.7 Å². The molecule has 3 aliphatic rings. The SMILES string of the molecule is CCN=C(NC1CC1c1c(F)cccc1Cl)N1CCC(N2CCOCC2)C1.I. The Morgan fingerprint density at radius 1 is 1.32 bits per heavy atom. The number of nitrogens with one attached hydrogen (secondary N) is 1. The lowest BCUT2D eigenvalue weighted by Crippen LogP contribution is -2.47. The monoisotopic (exact) mass is 522 g/mol. The second-order valence-corrected chi connectivity index (χ2v) is 7.97. The molecule has 0 spiro atoms. The number of halogens is 3. The summed E-state index contributed by atoms with van der Waals surface area (Å²) in [5.74, 6) is 0.867. The lowest BCUT2D eigenvalue weighted by molar-refractivity contribution is 0.0195. The fraction of sp³-hybridized carbons (Fsp3) is 0.650. The number of ether oxygens (including phenoxy) is 1. The van der Waals surface area contributed by atoms with Crippen LogP contribution in [-0.4, -0.2) is 73.8 Å². The van der Waals surface area contributed by atoms with E-state index in [1.165, 1.54) is 6.07 Å². The number of benzene rings is 1. The van der Waals surface area contributed by atoms with Crippen molar-refractivity contribution >= 4 is 41.5 Å². The molecule has 1 aliphatic carbocycles. The first-order chi connectivity index (χ1) is 13.2. The summed E-state index contributed by atoms with van der Waals surface area (Å²) in [6, 6.07) is 5.68. The van der Waals surface area contributed by atoms with E-state index in [4.69, 9.17) is 21.3 Å². The molecule has 0 bridgehead atoms. The van der Waals surface area contributed by atoms with Gasteiger partial charge in [0.15, 0.2) is 5.96 Å². The van der Waals surface area contributed by atoms with Crippen LogP contribution in [-0.2, 0) is 4.74 Å². The molecule has 2 heterocycles. The fourth-order valence-electron chi connectivity index (χ4n) is 4.27. The van der Waals surface area contributed by atoms with Gasteiger partial charge in [-0.15, -0.1) is 24.0 Å². The Balaban J connectivity index is 0.00000225. The van der Waals surface area contributed by atoms with Crippen molar-refractivity contribution in [1.29, 1.82) is 0 Å². The molecule has 0 radical (unpaired) electrons. The van der Waals surface area contributed by atoms with E-state index in [1.54, 1.807) is 12.1 Å². The number of hydrogen-bond donors (Lipinski definition) is 1. The van der Waals surface area contributed by atoms with Crippen molar-refractivity contribution in [2.45, 2.75) is 37.8 Å². The van der Waals surface area contributed by atoms with Crippen LogP contribution in [0.5, 0.6) is 0 Å². The normalized spacial score (nSPS) is 28.2. The summed E-state index contributed by atoms with van der Waals surface area (Å²) < 4.78 is 19.7. The van der Waals surface area contributed by atoms with Crippen LogP contribution in [0.3, 0.4) is 0 Å². The van der Waals surface area contributed by atoms with Gasteiger partial charge >= 0.3 is 0 Å². The first-order valence-electron chi connectivity index (χ1n) is 9.99. The Morgan fingerprint density at radius 3 is 2.82 bits per heavy atom. The summed E-state index contributed by atoms with van der Waals surface area (Å²) in [5, 5.41) is 4.09. The Kier molecular flexibility index (Phi) is 7.81. The Labute approximate surface area is 188 Å². The van der Waals surface area contributed by atoms with Gasteiger partial charge in [0.05, 0.1) is 13.2 Å². The van der Waals surface area contributed by atoms with E-state index in [1.807, 2.05) is 0 Å². The predicted octanol–water partition coefficient (Wildman–Crippen LogP) is 3.33. The molecule has 8 heteroatoms. The van der Waals surface area contributed by atoms with Gasteiger partial charge in [0.1, 0.15) is 5.82 Å². The number of hydrogen-bond acceptors (Lipinski definition) is 3. The van der Waals surface area contributed by atoms with Crippen molar-refractivity contribution in [3.63, 3.8) is 0 Å². The van der Waals surface area contributed by atoms with E-state index in [2.05, 4.69) is 22.0 Å². The molecule has 1 saturated carbocycles. The maximum absolute atomic E-state index is 14.2. The van der Waals surface area contributed by atoms with Crippen LogP contribution in [0, 0.1) is 5.82 Å². The first kappa shape index (κ1) is 22.1. The highest BCUT2D eigenvalue weighted by Crippen LogP contribution is 2.45. The van der Waals surface area contributed by atoms with Crippen molar-refractivity contribution in [3.8, 4) is 0 Å². The minimum absolute atomic E-state index is 0. The van der Waals surface area contributed by atoms with Crippen molar-refractivity contribution in [1.82, 2.24) is 15.1 Å². The molecule has 1 N–H and O–H groups in total. The van der Waals surface area contributed by atoms with Crippen molar-refractivity contribution in [2.75, 3.05) is 45.9 Å². The van der Waals surface area contributed by atoms with Crippen LogP contribution >= 0.6 is 35.6 Å². The average molecular weight is 523 g/mol. The van der Waals surface area contributed by atoms with Crippen LogP contribution in [0.15, 0.2) is 23.2 Å². The average Bonchev–Trinajstić information content (AvgIpc) is 3.23. The van der Waals surface area contributed by atoms with Gasteiger partial charge < -0.3 is 15.0 Å². The van der Waals surface area contributed by atoms with Crippen molar-refractivity contribution in [2.24, 2.45) is 4.99 Å². The summed E-state index contributed by atoms with van der Waals surface area (Å²) >= 11 is 6.24. The smallest absolute Gasteiger partial charge is 0.194 e. The van der Waals surface area contributed by atoms with Crippen LogP contribution in [0.1, 0.15) is 31.2 Å².